The molecule has 0 aromatic rings. The van der Waals surface area contributed by atoms with Crippen LogP contribution in [-0.2, 0) is 4.74 Å². The highest BCUT2D eigenvalue weighted by Crippen LogP contribution is 2.32. The summed E-state index contributed by atoms with van der Waals surface area (Å²) in [5, 5.41) is 0. The second kappa shape index (κ2) is 32.9. The average Bonchev–Trinajstić information content (AvgIpc) is 2.99. The van der Waals surface area contributed by atoms with Gasteiger partial charge in [0, 0.05) is 0 Å². The van der Waals surface area contributed by atoms with Crippen LogP contribution < -0.4 is 0 Å². The normalized spacial score (nSPS) is 13.5. The van der Waals surface area contributed by atoms with Crippen LogP contribution in [0.2, 0.25) is 0 Å². The molecule has 0 aromatic carbocycles. The molecule has 1 nitrogen and oxygen atoms in total. The molecule has 0 spiro atoms. The molecule has 0 aliphatic rings. The van der Waals surface area contributed by atoms with Gasteiger partial charge in [-0.25, -0.2) is 0 Å². The smallest absolute Gasteiger partial charge is 0.0604 e. The fourth-order valence-corrected chi connectivity index (χ4v) is 7.09. The van der Waals surface area contributed by atoms with Gasteiger partial charge in [0.2, 0.25) is 0 Å². The summed E-state index contributed by atoms with van der Waals surface area (Å²) in [6.07, 6.45) is 42.9. The van der Waals surface area contributed by atoms with Crippen LogP contribution >= 0.6 is 0 Å². The summed E-state index contributed by atoms with van der Waals surface area (Å²) >= 11 is 0. The Hall–Kier alpha value is -0.0400. The van der Waals surface area contributed by atoms with E-state index in [9.17, 15) is 0 Å². The number of unbranched alkanes of at least 4 members (excludes halogenated alkanes) is 20. The molecule has 0 saturated heterocycles. The average molecular weight is 579 g/mol. The van der Waals surface area contributed by atoms with Gasteiger partial charge in [0.15, 0.2) is 0 Å². The summed E-state index contributed by atoms with van der Waals surface area (Å²) in [5.74, 6) is 1.55. The molecule has 0 radical (unpaired) electrons. The van der Waals surface area contributed by atoms with E-state index in [1.165, 1.54) is 193 Å². The maximum atomic E-state index is 7.26. The Morgan fingerprint density at radius 1 is 0.293 bits per heavy atom. The minimum absolute atomic E-state index is 0.475. The highest BCUT2D eigenvalue weighted by Gasteiger charge is 2.27. The Morgan fingerprint density at radius 3 is 0.732 bits per heavy atom. The number of rotatable bonds is 34. The molecular weight excluding hydrogens is 496 g/mol. The molecule has 0 N–H and O–H groups in total. The molecule has 248 valence electrons. The zero-order chi connectivity index (χ0) is 30.2. The molecule has 0 rings (SSSR count). The zero-order valence-corrected chi connectivity index (χ0v) is 29.9. The van der Waals surface area contributed by atoms with E-state index >= 15 is 0 Å². The first-order valence-electron chi connectivity index (χ1n) is 19.8. The third-order valence-electron chi connectivity index (χ3n) is 9.92. The van der Waals surface area contributed by atoms with Crippen LogP contribution in [0.3, 0.4) is 0 Å². The predicted octanol–water partition coefficient (Wildman–Crippen LogP) is 14.8. The first-order chi connectivity index (χ1) is 20.2. The van der Waals surface area contributed by atoms with Crippen LogP contribution in [0.1, 0.15) is 234 Å². The standard InChI is InChI=1S/C40H82O/c1-7-13-17-21-25-29-33-37(34-30-26-22-18-14-8-2)39(11-5)41-40(12-6)38(35-31-27-23-19-15-9-3)36-32-28-24-20-16-10-4/h37-40H,7-36H2,1-6H3. The van der Waals surface area contributed by atoms with Crippen LogP contribution in [0.25, 0.3) is 0 Å². The van der Waals surface area contributed by atoms with Crippen molar-refractivity contribution in [2.24, 2.45) is 11.8 Å². The quantitative estimate of drug-likeness (QED) is 0.0690. The lowest BCUT2D eigenvalue weighted by molar-refractivity contribution is -0.0790. The van der Waals surface area contributed by atoms with Crippen molar-refractivity contribution in [3.63, 3.8) is 0 Å². The third kappa shape index (κ3) is 25.0. The molecule has 0 aliphatic heterocycles. The van der Waals surface area contributed by atoms with Gasteiger partial charge in [0.1, 0.15) is 0 Å². The molecule has 0 fully saturated rings. The van der Waals surface area contributed by atoms with Crippen molar-refractivity contribution in [3.8, 4) is 0 Å². The second-order valence-electron chi connectivity index (χ2n) is 13.8. The molecule has 1 heteroatoms. The van der Waals surface area contributed by atoms with Gasteiger partial charge in [-0.3, -0.25) is 0 Å². The van der Waals surface area contributed by atoms with E-state index in [2.05, 4.69) is 41.5 Å². The molecule has 0 amide bonds. The van der Waals surface area contributed by atoms with Gasteiger partial charge in [-0.1, -0.05) is 196 Å². The van der Waals surface area contributed by atoms with Crippen molar-refractivity contribution in [1.82, 2.24) is 0 Å². The van der Waals surface area contributed by atoms with Crippen molar-refractivity contribution < 1.29 is 4.74 Å². The fourth-order valence-electron chi connectivity index (χ4n) is 7.09. The summed E-state index contributed by atoms with van der Waals surface area (Å²) < 4.78 is 7.26. The van der Waals surface area contributed by atoms with Crippen LogP contribution in [0.4, 0.5) is 0 Å². The van der Waals surface area contributed by atoms with Crippen LogP contribution in [-0.4, -0.2) is 12.2 Å². The van der Waals surface area contributed by atoms with E-state index in [1.54, 1.807) is 0 Å². The van der Waals surface area contributed by atoms with Crippen LogP contribution in [0.5, 0.6) is 0 Å². The monoisotopic (exact) mass is 579 g/mol. The SMILES string of the molecule is CCCCCCCCC(CCCCCCCC)C(CC)OC(CC)C(CCCCCCCC)CCCCCCCC. The summed E-state index contributed by atoms with van der Waals surface area (Å²) in [6.45, 7) is 14.2. The highest BCUT2D eigenvalue weighted by atomic mass is 16.5. The van der Waals surface area contributed by atoms with Crippen molar-refractivity contribution in [3.05, 3.63) is 0 Å². The number of hydrogen-bond donors (Lipinski definition) is 0. The lowest BCUT2D eigenvalue weighted by atomic mass is 9.86. The topological polar surface area (TPSA) is 9.23 Å². The fraction of sp³-hybridized carbons (Fsp3) is 1.00. The van der Waals surface area contributed by atoms with E-state index < -0.39 is 0 Å². The molecule has 41 heavy (non-hydrogen) atoms. The number of ether oxygens (including phenoxy) is 1. The van der Waals surface area contributed by atoms with E-state index in [1.807, 2.05) is 0 Å². The first kappa shape index (κ1) is 41.0. The largest absolute Gasteiger partial charge is 0.374 e. The summed E-state index contributed by atoms with van der Waals surface area (Å²) in [7, 11) is 0. The van der Waals surface area contributed by atoms with Gasteiger partial charge in [0.05, 0.1) is 12.2 Å². The Kier molecular flexibility index (Phi) is 32.8. The van der Waals surface area contributed by atoms with Gasteiger partial charge in [-0.2, -0.15) is 0 Å². The lowest BCUT2D eigenvalue weighted by Crippen LogP contribution is -2.33. The molecule has 2 atom stereocenters. The summed E-state index contributed by atoms with van der Waals surface area (Å²) in [4.78, 5) is 0. The van der Waals surface area contributed by atoms with E-state index in [4.69, 9.17) is 4.74 Å². The first-order valence-corrected chi connectivity index (χ1v) is 19.8. The van der Waals surface area contributed by atoms with Crippen molar-refractivity contribution in [2.45, 2.75) is 246 Å². The van der Waals surface area contributed by atoms with Gasteiger partial charge >= 0.3 is 0 Å². The van der Waals surface area contributed by atoms with Crippen LogP contribution in [0, 0.1) is 11.8 Å². The highest BCUT2D eigenvalue weighted by molar-refractivity contribution is 4.77. The van der Waals surface area contributed by atoms with Crippen molar-refractivity contribution >= 4 is 0 Å². The molecule has 2 unspecified atom stereocenters. The van der Waals surface area contributed by atoms with Gasteiger partial charge in [-0.05, 0) is 50.4 Å². The molecule has 0 heterocycles. The molecular formula is C40H82O. The van der Waals surface area contributed by atoms with E-state index in [-0.39, 0.29) is 0 Å². The second-order valence-corrected chi connectivity index (χ2v) is 13.8. The summed E-state index contributed by atoms with van der Waals surface area (Å²) in [5.41, 5.74) is 0. The Bertz CT molecular complexity index is 399. The molecule has 0 aliphatic carbocycles. The van der Waals surface area contributed by atoms with E-state index in [0.717, 1.165) is 11.8 Å². The van der Waals surface area contributed by atoms with Crippen molar-refractivity contribution in [2.75, 3.05) is 0 Å². The predicted molar refractivity (Wildman–Crippen MR) is 188 cm³/mol. The molecule has 0 aromatic heterocycles. The van der Waals surface area contributed by atoms with Gasteiger partial charge in [0.25, 0.3) is 0 Å². The minimum Gasteiger partial charge on any atom is -0.374 e. The van der Waals surface area contributed by atoms with Crippen LogP contribution in [0.15, 0.2) is 0 Å². The van der Waals surface area contributed by atoms with E-state index in [0.29, 0.717) is 12.2 Å². The zero-order valence-electron chi connectivity index (χ0n) is 29.9. The molecule has 0 bridgehead atoms. The number of hydrogen-bond acceptors (Lipinski definition) is 1. The lowest BCUT2D eigenvalue weighted by Gasteiger charge is -2.34. The molecule has 0 saturated carbocycles. The third-order valence-corrected chi connectivity index (χ3v) is 9.92. The van der Waals surface area contributed by atoms with Crippen molar-refractivity contribution in [1.29, 1.82) is 0 Å². The van der Waals surface area contributed by atoms with Gasteiger partial charge < -0.3 is 4.74 Å². The summed E-state index contributed by atoms with van der Waals surface area (Å²) in [6, 6.07) is 0. The maximum Gasteiger partial charge on any atom is 0.0604 e. The Balaban J connectivity index is 5.16. The Morgan fingerprint density at radius 2 is 0.512 bits per heavy atom. The Labute approximate surface area is 262 Å². The maximum absolute atomic E-state index is 7.26. The minimum atomic E-state index is 0.475. The van der Waals surface area contributed by atoms with Gasteiger partial charge in [-0.15, -0.1) is 0 Å².